The third-order valence-electron chi connectivity index (χ3n) is 6.12. The van der Waals surface area contributed by atoms with Crippen LogP contribution in [0, 0.1) is 0 Å². The summed E-state index contributed by atoms with van der Waals surface area (Å²) in [6, 6.07) is 31.3. The van der Waals surface area contributed by atoms with E-state index < -0.39 is 0 Å². The van der Waals surface area contributed by atoms with Gasteiger partial charge in [0.2, 0.25) is 0 Å². The van der Waals surface area contributed by atoms with Crippen LogP contribution in [-0.2, 0) is 0 Å². The van der Waals surface area contributed by atoms with E-state index in [0.717, 1.165) is 53.0 Å². The van der Waals surface area contributed by atoms with E-state index in [4.69, 9.17) is 0 Å². The summed E-state index contributed by atoms with van der Waals surface area (Å²) in [5.74, 6) is 1.14. The lowest BCUT2D eigenvalue weighted by atomic mass is 10.2. The van der Waals surface area contributed by atoms with Crippen LogP contribution in [0.25, 0.3) is 0 Å². The van der Waals surface area contributed by atoms with Gasteiger partial charge < -0.3 is 4.90 Å². The quantitative estimate of drug-likeness (QED) is 0.0944. The largest absolute Gasteiger partial charge is 0.372 e. The smallest absolute Gasteiger partial charge is 0.0858 e. The van der Waals surface area contributed by atoms with Crippen molar-refractivity contribution >= 4 is 51.6 Å². The van der Waals surface area contributed by atoms with Crippen molar-refractivity contribution in [1.82, 2.24) is 0 Å². The second kappa shape index (κ2) is 15.4. The summed E-state index contributed by atoms with van der Waals surface area (Å²) in [6.07, 6.45) is 2.45. The molecule has 0 spiro atoms. The molecular formula is C32H35N7S. The second-order valence-corrected chi connectivity index (χ2v) is 10.2. The standard InChI is InChI=1S/C32H35N7S/c1-4-7-24-40-32-22-18-30(19-23-32)38-36-28-14-10-26(11-15-28)34-33-25-8-12-27(13-9-25)35-37-29-16-20-31(21-17-29)39(5-2)6-3/h8-23H,4-7,24H2,1-3H3. The zero-order valence-electron chi connectivity index (χ0n) is 23.3. The van der Waals surface area contributed by atoms with Gasteiger partial charge in [0.25, 0.3) is 0 Å². The maximum absolute atomic E-state index is 4.35. The van der Waals surface area contributed by atoms with Crippen LogP contribution in [0.3, 0.4) is 0 Å². The Balaban J connectivity index is 1.28. The zero-order chi connectivity index (χ0) is 28.0. The molecule has 0 fully saturated rings. The Morgan fingerprint density at radius 1 is 0.475 bits per heavy atom. The molecule has 0 amide bonds. The molecule has 4 aromatic carbocycles. The molecule has 0 aromatic heterocycles. The highest BCUT2D eigenvalue weighted by molar-refractivity contribution is 7.99. The van der Waals surface area contributed by atoms with Crippen LogP contribution >= 0.6 is 11.8 Å². The van der Waals surface area contributed by atoms with Gasteiger partial charge in [-0.25, -0.2) is 0 Å². The predicted molar refractivity (Wildman–Crippen MR) is 167 cm³/mol. The van der Waals surface area contributed by atoms with E-state index in [2.05, 4.69) is 80.6 Å². The lowest BCUT2D eigenvalue weighted by molar-refractivity contribution is 0.866. The first kappa shape index (κ1) is 28.8. The first-order valence-corrected chi connectivity index (χ1v) is 14.7. The van der Waals surface area contributed by atoms with E-state index in [9.17, 15) is 0 Å². The third kappa shape index (κ3) is 8.95. The van der Waals surface area contributed by atoms with Gasteiger partial charge in [-0.15, -0.1) is 11.8 Å². The van der Waals surface area contributed by atoms with Gasteiger partial charge in [-0.05, 0) is 123 Å². The van der Waals surface area contributed by atoms with Crippen LogP contribution in [0.4, 0.5) is 39.8 Å². The number of anilines is 1. The maximum atomic E-state index is 4.35. The van der Waals surface area contributed by atoms with Crippen molar-refractivity contribution < 1.29 is 0 Å². The number of azo groups is 3. The monoisotopic (exact) mass is 549 g/mol. The average Bonchev–Trinajstić information content (AvgIpc) is 3.01. The van der Waals surface area contributed by atoms with Crippen molar-refractivity contribution in [3.63, 3.8) is 0 Å². The molecular weight excluding hydrogens is 514 g/mol. The lowest BCUT2D eigenvalue weighted by Crippen LogP contribution is -2.21. The summed E-state index contributed by atoms with van der Waals surface area (Å²) < 4.78 is 0. The molecule has 0 unspecified atom stereocenters. The molecule has 7 nitrogen and oxygen atoms in total. The van der Waals surface area contributed by atoms with Gasteiger partial charge in [0.15, 0.2) is 0 Å². The Bertz CT molecular complexity index is 1390. The van der Waals surface area contributed by atoms with E-state index in [1.807, 2.05) is 84.6 Å². The number of rotatable bonds is 13. The minimum absolute atomic E-state index is 0.739. The predicted octanol–water partition coefficient (Wildman–Crippen LogP) is 11.7. The minimum atomic E-state index is 0.739. The van der Waals surface area contributed by atoms with Crippen molar-refractivity contribution in [2.75, 3.05) is 23.7 Å². The average molecular weight is 550 g/mol. The van der Waals surface area contributed by atoms with Crippen molar-refractivity contribution in [3.05, 3.63) is 97.1 Å². The molecule has 0 saturated carbocycles. The molecule has 0 N–H and O–H groups in total. The molecule has 0 heterocycles. The molecule has 0 radical (unpaired) electrons. The first-order chi connectivity index (χ1) is 19.7. The van der Waals surface area contributed by atoms with E-state index in [1.54, 1.807) is 0 Å². The van der Waals surface area contributed by atoms with Crippen molar-refractivity contribution in [3.8, 4) is 0 Å². The number of nitrogens with zero attached hydrogens (tertiary/aromatic N) is 7. The van der Waals surface area contributed by atoms with Crippen molar-refractivity contribution in [2.24, 2.45) is 30.7 Å². The van der Waals surface area contributed by atoms with Gasteiger partial charge in [0.1, 0.15) is 0 Å². The zero-order valence-corrected chi connectivity index (χ0v) is 24.1. The fourth-order valence-electron chi connectivity index (χ4n) is 3.78. The number of benzene rings is 4. The summed E-state index contributed by atoms with van der Waals surface area (Å²) in [5, 5.41) is 26.0. The van der Waals surface area contributed by atoms with Crippen LogP contribution in [0.1, 0.15) is 33.6 Å². The Hall–Kier alpha value is -4.17. The minimum Gasteiger partial charge on any atom is -0.372 e. The molecule has 0 aliphatic carbocycles. The molecule has 0 bridgehead atoms. The summed E-state index contributed by atoms with van der Waals surface area (Å²) in [4.78, 5) is 3.56. The highest BCUT2D eigenvalue weighted by Gasteiger charge is 2.01. The molecule has 0 atom stereocenters. The molecule has 8 heteroatoms. The van der Waals surface area contributed by atoms with E-state index >= 15 is 0 Å². The Morgan fingerprint density at radius 3 is 1.12 bits per heavy atom. The van der Waals surface area contributed by atoms with Gasteiger partial charge in [-0.2, -0.15) is 30.7 Å². The first-order valence-electron chi connectivity index (χ1n) is 13.7. The van der Waals surface area contributed by atoms with E-state index in [0.29, 0.717) is 0 Å². The maximum Gasteiger partial charge on any atom is 0.0858 e. The fraction of sp³-hybridized carbons (Fsp3) is 0.250. The SMILES string of the molecule is CCCCSc1ccc(N=Nc2ccc(N=Nc3ccc(N=Nc4ccc(N(CC)CC)cc4)cc3)cc2)cc1. The molecule has 40 heavy (non-hydrogen) atoms. The van der Waals surface area contributed by atoms with Crippen LogP contribution in [0.5, 0.6) is 0 Å². The van der Waals surface area contributed by atoms with Crippen LogP contribution in [0.15, 0.2) is 133 Å². The Labute approximate surface area is 241 Å². The molecule has 4 aromatic rings. The summed E-state index contributed by atoms with van der Waals surface area (Å²) in [5.41, 5.74) is 5.84. The van der Waals surface area contributed by atoms with Gasteiger partial charge in [-0.1, -0.05) is 13.3 Å². The highest BCUT2D eigenvalue weighted by Crippen LogP contribution is 2.27. The highest BCUT2D eigenvalue weighted by atomic mass is 32.2. The van der Waals surface area contributed by atoms with E-state index in [1.165, 1.54) is 23.4 Å². The molecule has 204 valence electrons. The summed E-state index contributed by atoms with van der Waals surface area (Å²) >= 11 is 1.88. The van der Waals surface area contributed by atoms with Crippen molar-refractivity contribution in [1.29, 1.82) is 0 Å². The number of unbranched alkanes of at least 4 members (excludes halogenated alkanes) is 1. The van der Waals surface area contributed by atoms with Gasteiger partial charge in [-0.3, -0.25) is 0 Å². The van der Waals surface area contributed by atoms with Gasteiger partial charge >= 0.3 is 0 Å². The number of thioether (sulfide) groups is 1. The number of hydrogen-bond acceptors (Lipinski definition) is 8. The molecule has 0 saturated heterocycles. The summed E-state index contributed by atoms with van der Waals surface area (Å²) in [6.45, 7) is 8.47. The lowest BCUT2D eigenvalue weighted by Gasteiger charge is -2.20. The van der Waals surface area contributed by atoms with Crippen molar-refractivity contribution in [2.45, 2.75) is 38.5 Å². The number of hydrogen-bond donors (Lipinski definition) is 0. The van der Waals surface area contributed by atoms with Crippen LogP contribution in [-0.4, -0.2) is 18.8 Å². The van der Waals surface area contributed by atoms with E-state index in [-0.39, 0.29) is 0 Å². The fourth-order valence-corrected chi connectivity index (χ4v) is 4.78. The molecule has 0 aliphatic rings. The molecule has 4 rings (SSSR count). The second-order valence-electron chi connectivity index (χ2n) is 9.02. The Morgan fingerprint density at radius 2 is 0.800 bits per heavy atom. The Kier molecular flexibility index (Phi) is 11.1. The summed E-state index contributed by atoms with van der Waals surface area (Å²) in [7, 11) is 0. The van der Waals surface area contributed by atoms with Gasteiger partial charge in [0.05, 0.1) is 34.1 Å². The van der Waals surface area contributed by atoms with Crippen LogP contribution in [0.2, 0.25) is 0 Å². The molecule has 0 aliphatic heterocycles. The van der Waals surface area contributed by atoms with Gasteiger partial charge in [0, 0.05) is 23.7 Å². The normalized spacial score (nSPS) is 11.7. The van der Waals surface area contributed by atoms with Crippen LogP contribution < -0.4 is 4.90 Å². The topological polar surface area (TPSA) is 77.4 Å². The third-order valence-corrected chi connectivity index (χ3v) is 7.22.